The molecule has 6 nitrogen and oxygen atoms in total. The topological polar surface area (TPSA) is 120 Å². The molecule has 142 valence electrons. The number of carbonyl (C=O) groups is 2. The summed E-state index contributed by atoms with van der Waals surface area (Å²) in [5.41, 5.74) is 5.98. The summed E-state index contributed by atoms with van der Waals surface area (Å²) in [6.07, 6.45) is 0.376. The number of carboxylic acid groups (broad SMARTS) is 1. The Bertz CT molecular complexity index is 489. The van der Waals surface area contributed by atoms with Gasteiger partial charge >= 0.3 is 0 Å². The highest BCUT2D eigenvalue weighted by Gasteiger charge is 2.16. The molecule has 0 aliphatic rings. The third kappa shape index (κ3) is 11.3. The first-order valence-electron chi connectivity index (χ1n) is 8.67. The van der Waals surface area contributed by atoms with Gasteiger partial charge in [0.25, 0.3) is 0 Å². The molecule has 25 heavy (non-hydrogen) atoms. The Balaban J connectivity index is 0.000000462. The predicted molar refractivity (Wildman–Crippen MR) is 95.1 cm³/mol. The van der Waals surface area contributed by atoms with Crippen LogP contribution < -0.4 is 16.2 Å². The predicted octanol–water partition coefficient (Wildman–Crippen LogP) is -0.0342. The summed E-state index contributed by atoms with van der Waals surface area (Å²) in [7, 11) is 1.97. The summed E-state index contributed by atoms with van der Waals surface area (Å²) in [5, 5.41) is 22.1. The van der Waals surface area contributed by atoms with E-state index in [1.165, 1.54) is 0 Å². The number of hydrogen-bond acceptors (Lipinski definition) is 4. The number of amides is 1. The lowest BCUT2D eigenvalue weighted by molar-refractivity contribution is -0.669. The van der Waals surface area contributed by atoms with E-state index in [1.807, 2.05) is 63.5 Å². The van der Waals surface area contributed by atoms with Crippen molar-refractivity contribution < 1.29 is 25.1 Å². The number of nitrogens with two attached hydrogens (primary N) is 2. The molecule has 1 amide bonds. The zero-order chi connectivity index (χ0) is 19.4. The fourth-order valence-corrected chi connectivity index (χ4v) is 2.56. The molecular formula is C19H32N2O4. The Hall–Kier alpha value is -1.92. The minimum Gasteiger partial charge on any atom is -0.550 e. The number of benzene rings is 1. The molecule has 6 heteroatoms. The molecular weight excluding hydrogens is 320 g/mol. The van der Waals surface area contributed by atoms with Crippen molar-refractivity contribution in [1.82, 2.24) is 0 Å². The van der Waals surface area contributed by atoms with Gasteiger partial charge in [0, 0.05) is 12.4 Å². The van der Waals surface area contributed by atoms with Gasteiger partial charge in [-0.3, -0.25) is 4.79 Å². The van der Waals surface area contributed by atoms with Crippen molar-refractivity contribution in [2.24, 2.45) is 17.6 Å². The molecule has 0 bridgehead atoms. The van der Waals surface area contributed by atoms with E-state index in [2.05, 4.69) is 0 Å². The Morgan fingerprint density at radius 3 is 2.12 bits per heavy atom. The lowest BCUT2D eigenvalue weighted by Crippen LogP contribution is -2.86. The van der Waals surface area contributed by atoms with Crippen molar-refractivity contribution in [3.63, 3.8) is 0 Å². The van der Waals surface area contributed by atoms with E-state index in [9.17, 15) is 19.8 Å². The number of aliphatic hydroxyl groups excluding tert-OH is 1. The number of rotatable bonds is 9. The van der Waals surface area contributed by atoms with Crippen molar-refractivity contribution in [3.05, 3.63) is 35.9 Å². The molecule has 1 aromatic carbocycles. The number of quaternary nitrogens is 1. The van der Waals surface area contributed by atoms with Crippen molar-refractivity contribution in [2.75, 3.05) is 7.05 Å². The zero-order valence-electron chi connectivity index (χ0n) is 15.6. The first-order chi connectivity index (χ1) is 11.7. The van der Waals surface area contributed by atoms with Crippen LogP contribution in [0.15, 0.2) is 30.3 Å². The molecule has 0 radical (unpaired) electrons. The molecule has 3 atom stereocenters. The molecule has 5 N–H and O–H groups in total. The van der Waals surface area contributed by atoms with Gasteiger partial charge in [-0.25, -0.2) is 0 Å². The normalized spacial score (nSPS) is 14.2. The number of carbonyl (C=O) groups excluding carboxylic acids is 2. The van der Waals surface area contributed by atoms with Crippen LogP contribution in [0.5, 0.6) is 0 Å². The molecule has 0 spiro atoms. The largest absolute Gasteiger partial charge is 0.550 e. The molecule has 0 saturated heterocycles. The van der Waals surface area contributed by atoms with E-state index < -0.39 is 11.9 Å². The number of primary amides is 1. The summed E-state index contributed by atoms with van der Waals surface area (Å²) in [6, 6.07) is 9.96. The first-order valence-corrected chi connectivity index (χ1v) is 8.67. The minimum atomic E-state index is -1.12. The SMILES string of the molecule is CC(C)C[C@H](CC(N)=O)CC(=O)[O-].C[NH2+][C@H](C)[C@@H](O)c1ccccc1. The number of hydrogen-bond donors (Lipinski definition) is 3. The van der Waals surface area contributed by atoms with Crippen molar-refractivity contribution >= 4 is 11.9 Å². The van der Waals surface area contributed by atoms with Gasteiger partial charge in [0.1, 0.15) is 12.1 Å². The Kier molecular flexibility index (Phi) is 11.5. The average molecular weight is 352 g/mol. The molecule has 0 saturated carbocycles. The van der Waals surface area contributed by atoms with Crippen LogP contribution in [0.25, 0.3) is 0 Å². The average Bonchev–Trinajstić information content (AvgIpc) is 2.53. The number of aliphatic hydroxyl groups is 1. The second-order valence-corrected chi connectivity index (χ2v) is 6.79. The van der Waals surface area contributed by atoms with Crippen molar-refractivity contribution in [2.45, 2.75) is 52.2 Å². The van der Waals surface area contributed by atoms with Gasteiger partial charge in [0.2, 0.25) is 5.91 Å². The molecule has 0 aliphatic heterocycles. The molecule has 0 aliphatic carbocycles. The van der Waals surface area contributed by atoms with E-state index >= 15 is 0 Å². The lowest BCUT2D eigenvalue weighted by atomic mass is 9.91. The van der Waals surface area contributed by atoms with Crippen LogP contribution in [-0.2, 0) is 9.59 Å². The van der Waals surface area contributed by atoms with E-state index in [0.29, 0.717) is 12.3 Å². The van der Waals surface area contributed by atoms with Crippen LogP contribution in [0.2, 0.25) is 0 Å². The standard InChI is InChI=1S/C10H15NO.C9H17NO3/c1-8(11-2)10(12)9-6-4-3-5-7-9;1-6(2)3-7(4-8(10)11)5-9(12)13/h3-8,10-12H,1-2H3;6-7H,3-5H2,1-2H3,(H2,10,11)(H,12,13)/t8-,10-;7-/m11/s1. The van der Waals surface area contributed by atoms with Gasteiger partial charge in [-0.15, -0.1) is 0 Å². The van der Waals surface area contributed by atoms with Gasteiger partial charge in [-0.05, 0) is 37.2 Å². The maximum absolute atomic E-state index is 10.6. The highest BCUT2D eigenvalue weighted by atomic mass is 16.4. The Morgan fingerprint density at radius 1 is 1.16 bits per heavy atom. The number of carboxylic acids is 1. The van der Waals surface area contributed by atoms with E-state index in [4.69, 9.17) is 5.73 Å². The molecule has 0 fully saturated rings. The van der Waals surface area contributed by atoms with E-state index in [0.717, 1.165) is 5.56 Å². The van der Waals surface area contributed by atoms with Gasteiger partial charge in [-0.1, -0.05) is 44.2 Å². The van der Waals surface area contributed by atoms with Crippen LogP contribution in [0.4, 0.5) is 0 Å². The van der Waals surface area contributed by atoms with Crippen LogP contribution >= 0.6 is 0 Å². The fraction of sp³-hybridized carbons (Fsp3) is 0.579. The number of aliphatic carboxylic acids is 1. The number of likely N-dealkylation sites (N-methyl/N-ethyl adjacent to an activating group) is 1. The highest BCUT2D eigenvalue weighted by Crippen LogP contribution is 2.18. The van der Waals surface area contributed by atoms with Gasteiger partial charge in [0.05, 0.1) is 7.05 Å². The monoisotopic (exact) mass is 352 g/mol. The molecule has 0 aromatic heterocycles. The lowest BCUT2D eigenvalue weighted by Gasteiger charge is -2.17. The maximum Gasteiger partial charge on any atom is 0.217 e. The smallest absolute Gasteiger partial charge is 0.217 e. The highest BCUT2D eigenvalue weighted by molar-refractivity contribution is 5.75. The van der Waals surface area contributed by atoms with Crippen LogP contribution in [0.3, 0.4) is 0 Å². The Morgan fingerprint density at radius 2 is 1.72 bits per heavy atom. The van der Waals surface area contributed by atoms with E-state index in [-0.39, 0.29) is 30.9 Å². The third-order valence-electron chi connectivity index (χ3n) is 3.91. The second kappa shape index (κ2) is 12.4. The summed E-state index contributed by atoms with van der Waals surface area (Å²) in [6.45, 7) is 5.96. The Labute approximate surface area is 150 Å². The summed E-state index contributed by atoms with van der Waals surface area (Å²) >= 11 is 0. The zero-order valence-corrected chi connectivity index (χ0v) is 15.6. The summed E-state index contributed by atoms with van der Waals surface area (Å²) in [5.74, 6) is -1.38. The van der Waals surface area contributed by atoms with E-state index in [1.54, 1.807) is 0 Å². The second-order valence-electron chi connectivity index (χ2n) is 6.79. The van der Waals surface area contributed by atoms with Gasteiger partial charge < -0.3 is 26.1 Å². The first kappa shape index (κ1) is 23.1. The fourth-order valence-electron chi connectivity index (χ4n) is 2.56. The van der Waals surface area contributed by atoms with Crippen LogP contribution in [-0.4, -0.2) is 30.1 Å². The quantitative estimate of drug-likeness (QED) is 0.578. The van der Waals surface area contributed by atoms with Gasteiger partial charge in [0.15, 0.2) is 0 Å². The third-order valence-corrected chi connectivity index (χ3v) is 3.91. The molecule has 0 heterocycles. The van der Waals surface area contributed by atoms with Crippen LogP contribution in [0.1, 0.15) is 51.7 Å². The summed E-state index contributed by atoms with van der Waals surface area (Å²) in [4.78, 5) is 20.9. The maximum atomic E-state index is 10.6. The summed E-state index contributed by atoms with van der Waals surface area (Å²) < 4.78 is 0. The molecule has 1 rings (SSSR count). The minimum absolute atomic E-state index is 0.0822. The van der Waals surface area contributed by atoms with Gasteiger partial charge in [-0.2, -0.15) is 0 Å². The molecule has 0 unspecified atom stereocenters. The van der Waals surface area contributed by atoms with Crippen molar-refractivity contribution in [1.29, 1.82) is 0 Å². The van der Waals surface area contributed by atoms with Crippen molar-refractivity contribution in [3.8, 4) is 0 Å². The molecule has 1 aromatic rings. The van der Waals surface area contributed by atoms with Crippen LogP contribution in [0, 0.1) is 11.8 Å².